The molecule has 0 spiro atoms. The number of carbonyl (C=O) groups is 1. The molecule has 0 saturated carbocycles. The largest absolute Gasteiger partial charge is 0.460 e. The summed E-state index contributed by atoms with van der Waals surface area (Å²) in [5.41, 5.74) is 2.04. The van der Waals surface area contributed by atoms with E-state index in [2.05, 4.69) is 9.97 Å². The van der Waals surface area contributed by atoms with Crippen molar-refractivity contribution in [2.75, 3.05) is 18.1 Å². The SMILES string of the molecule is Cc1cc(C)nc(N(C#N)CCOC(=O)c2ccccc2)n1. The van der Waals surface area contributed by atoms with E-state index in [0.717, 1.165) is 11.4 Å². The van der Waals surface area contributed by atoms with Crippen molar-refractivity contribution in [2.45, 2.75) is 13.8 Å². The molecule has 0 radical (unpaired) electrons. The van der Waals surface area contributed by atoms with Gasteiger partial charge in [-0.25, -0.2) is 19.7 Å². The number of rotatable bonds is 5. The Labute approximate surface area is 129 Å². The molecule has 0 bridgehead atoms. The van der Waals surface area contributed by atoms with Crippen molar-refractivity contribution in [1.29, 1.82) is 5.26 Å². The lowest BCUT2D eigenvalue weighted by Crippen LogP contribution is -2.25. The number of nitriles is 1. The molecule has 22 heavy (non-hydrogen) atoms. The fourth-order valence-electron chi connectivity index (χ4n) is 1.91. The van der Waals surface area contributed by atoms with E-state index in [-0.39, 0.29) is 13.2 Å². The van der Waals surface area contributed by atoms with Crippen LogP contribution in [0.1, 0.15) is 21.7 Å². The molecular weight excluding hydrogens is 280 g/mol. The molecule has 112 valence electrons. The van der Waals surface area contributed by atoms with E-state index in [0.29, 0.717) is 11.5 Å². The maximum atomic E-state index is 11.8. The minimum Gasteiger partial charge on any atom is -0.460 e. The highest BCUT2D eigenvalue weighted by Gasteiger charge is 2.12. The van der Waals surface area contributed by atoms with E-state index >= 15 is 0 Å². The second kappa shape index (κ2) is 7.18. The standard InChI is InChI=1S/C16H16N4O2/c1-12-10-13(2)19-16(18-12)20(11-17)8-9-22-15(21)14-6-4-3-5-7-14/h3-7,10H,8-9H2,1-2H3. The molecule has 1 aromatic carbocycles. The van der Waals surface area contributed by atoms with Crippen LogP contribution in [0.3, 0.4) is 0 Å². The minimum absolute atomic E-state index is 0.0810. The zero-order valence-corrected chi connectivity index (χ0v) is 12.5. The van der Waals surface area contributed by atoms with Gasteiger partial charge >= 0.3 is 5.97 Å². The lowest BCUT2D eigenvalue weighted by molar-refractivity contribution is 0.0516. The normalized spacial score (nSPS) is 9.86. The minimum atomic E-state index is -0.417. The topological polar surface area (TPSA) is 79.1 Å². The van der Waals surface area contributed by atoms with Crippen LogP contribution >= 0.6 is 0 Å². The summed E-state index contributed by atoms with van der Waals surface area (Å²) >= 11 is 0. The molecule has 0 atom stereocenters. The summed E-state index contributed by atoms with van der Waals surface area (Å²) in [4.78, 5) is 21.5. The van der Waals surface area contributed by atoms with Crippen LogP contribution < -0.4 is 4.90 Å². The van der Waals surface area contributed by atoms with Crippen LogP contribution in [0.4, 0.5) is 5.95 Å². The zero-order chi connectivity index (χ0) is 15.9. The monoisotopic (exact) mass is 296 g/mol. The summed E-state index contributed by atoms with van der Waals surface area (Å²) in [7, 11) is 0. The number of nitrogens with zero attached hydrogens (tertiary/aromatic N) is 4. The number of ether oxygens (including phenoxy) is 1. The van der Waals surface area contributed by atoms with Crippen molar-refractivity contribution >= 4 is 11.9 Å². The highest BCUT2D eigenvalue weighted by atomic mass is 16.5. The van der Waals surface area contributed by atoms with E-state index in [1.807, 2.05) is 32.2 Å². The lowest BCUT2D eigenvalue weighted by Gasteiger charge is -2.14. The molecule has 1 aromatic heterocycles. The van der Waals surface area contributed by atoms with Gasteiger partial charge in [-0.2, -0.15) is 5.26 Å². The predicted octanol–water partition coefficient (Wildman–Crippen LogP) is 2.24. The highest BCUT2D eigenvalue weighted by molar-refractivity contribution is 5.89. The highest BCUT2D eigenvalue weighted by Crippen LogP contribution is 2.09. The van der Waals surface area contributed by atoms with Crippen LogP contribution in [-0.2, 0) is 4.74 Å². The van der Waals surface area contributed by atoms with E-state index in [1.54, 1.807) is 24.3 Å². The number of aromatic nitrogens is 2. The summed E-state index contributed by atoms with van der Waals surface area (Å²) in [5.74, 6) is -0.101. The van der Waals surface area contributed by atoms with E-state index in [4.69, 9.17) is 4.74 Å². The molecule has 0 N–H and O–H groups in total. The number of aryl methyl sites for hydroxylation is 2. The first kappa shape index (κ1) is 15.4. The first-order valence-electron chi connectivity index (χ1n) is 6.82. The number of esters is 1. The van der Waals surface area contributed by atoms with Crippen LogP contribution in [-0.4, -0.2) is 29.1 Å². The molecule has 2 aromatic rings. The molecular formula is C16H16N4O2. The summed E-state index contributed by atoms with van der Waals surface area (Å²) in [6, 6.07) is 10.5. The average Bonchev–Trinajstić information content (AvgIpc) is 2.51. The second-order valence-electron chi connectivity index (χ2n) is 4.70. The predicted molar refractivity (Wildman–Crippen MR) is 81.2 cm³/mol. The van der Waals surface area contributed by atoms with Crippen molar-refractivity contribution in [2.24, 2.45) is 0 Å². The fraction of sp³-hybridized carbons (Fsp3) is 0.250. The van der Waals surface area contributed by atoms with Gasteiger partial charge in [0.2, 0.25) is 5.95 Å². The molecule has 6 heteroatoms. The summed E-state index contributed by atoms with van der Waals surface area (Å²) in [6.45, 7) is 3.96. The number of hydrogen-bond donors (Lipinski definition) is 0. The van der Waals surface area contributed by atoms with Crippen molar-refractivity contribution in [3.8, 4) is 6.19 Å². The van der Waals surface area contributed by atoms with Gasteiger partial charge in [0.05, 0.1) is 12.1 Å². The summed E-state index contributed by atoms with van der Waals surface area (Å²) < 4.78 is 5.16. The van der Waals surface area contributed by atoms with Gasteiger partial charge in [-0.3, -0.25) is 0 Å². The van der Waals surface area contributed by atoms with Gasteiger partial charge in [0.25, 0.3) is 0 Å². The zero-order valence-electron chi connectivity index (χ0n) is 12.5. The van der Waals surface area contributed by atoms with Gasteiger partial charge in [0.15, 0.2) is 6.19 Å². The van der Waals surface area contributed by atoms with Crippen molar-refractivity contribution < 1.29 is 9.53 Å². The molecule has 0 fully saturated rings. The second-order valence-corrected chi connectivity index (χ2v) is 4.70. The molecule has 0 aliphatic rings. The van der Waals surface area contributed by atoms with Crippen molar-refractivity contribution in [1.82, 2.24) is 9.97 Å². The molecule has 0 amide bonds. The van der Waals surface area contributed by atoms with Gasteiger partial charge < -0.3 is 4.74 Å². The number of hydrogen-bond acceptors (Lipinski definition) is 6. The average molecular weight is 296 g/mol. The summed E-state index contributed by atoms with van der Waals surface area (Å²) in [6.07, 6.45) is 2.00. The Morgan fingerprint density at radius 1 is 1.23 bits per heavy atom. The number of carbonyl (C=O) groups excluding carboxylic acids is 1. The molecule has 1 heterocycles. The quantitative estimate of drug-likeness (QED) is 0.478. The van der Waals surface area contributed by atoms with Crippen LogP contribution in [0, 0.1) is 25.3 Å². The van der Waals surface area contributed by atoms with E-state index in [1.165, 1.54) is 4.90 Å². The van der Waals surface area contributed by atoms with Gasteiger partial charge in [-0.05, 0) is 32.0 Å². The Morgan fingerprint density at radius 2 is 1.86 bits per heavy atom. The third-order valence-corrected chi connectivity index (χ3v) is 2.89. The fourth-order valence-corrected chi connectivity index (χ4v) is 1.91. The third-order valence-electron chi connectivity index (χ3n) is 2.89. The Hall–Kier alpha value is -2.94. The van der Waals surface area contributed by atoms with Crippen LogP contribution in [0.25, 0.3) is 0 Å². The molecule has 2 rings (SSSR count). The Kier molecular flexibility index (Phi) is 5.04. The summed E-state index contributed by atoms with van der Waals surface area (Å²) in [5, 5.41) is 9.20. The van der Waals surface area contributed by atoms with Crippen LogP contribution in [0.2, 0.25) is 0 Å². The molecule has 0 aliphatic heterocycles. The Bertz CT molecular complexity index is 675. The van der Waals surface area contributed by atoms with E-state index < -0.39 is 5.97 Å². The van der Waals surface area contributed by atoms with Gasteiger partial charge in [-0.1, -0.05) is 18.2 Å². The van der Waals surface area contributed by atoms with Crippen molar-refractivity contribution in [3.05, 3.63) is 53.3 Å². The van der Waals surface area contributed by atoms with Gasteiger partial charge in [0, 0.05) is 11.4 Å². The maximum Gasteiger partial charge on any atom is 0.338 e. The molecule has 0 saturated heterocycles. The van der Waals surface area contributed by atoms with E-state index in [9.17, 15) is 10.1 Å². The first-order valence-corrected chi connectivity index (χ1v) is 6.82. The van der Waals surface area contributed by atoms with Gasteiger partial charge in [0.1, 0.15) is 6.61 Å². The molecule has 0 unspecified atom stereocenters. The van der Waals surface area contributed by atoms with Gasteiger partial charge in [-0.15, -0.1) is 0 Å². The Balaban J connectivity index is 1.95. The third kappa shape index (κ3) is 4.03. The smallest absolute Gasteiger partial charge is 0.338 e. The Morgan fingerprint density at radius 3 is 2.45 bits per heavy atom. The van der Waals surface area contributed by atoms with Crippen molar-refractivity contribution in [3.63, 3.8) is 0 Å². The molecule has 6 nitrogen and oxygen atoms in total. The number of anilines is 1. The van der Waals surface area contributed by atoms with Crippen LogP contribution in [0.5, 0.6) is 0 Å². The number of benzene rings is 1. The lowest BCUT2D eigenvalue weighted by atomic mass is 10.2. The first-order chi connectivity index (χ1) is 10.6. The maximum absolute atomic E-state index is 11.8. The van der Waals surface area contributed by atoms with Crippen LogP contribution in [0.15, 0.2) is 36.4 Å². The molecule has 0 aliphatic carbocycles.